The van der Waals surface area contributed by atoms with E-state index in [1.54, 1.807) is 15.5 Å². The lowest BCUT2D eigenvalue weighted by molar-refractivity contribution is 0.509. The molecule has 0 aliphatic rings. The largest absolute Gasteiger partial charge is 0.324 e. The molecule has 0 N–H and O–H groups in total. The number of hydrogen-bond acceptors (Lipinski definition) is 3. The molecule has 3 rings (SSSR count). The molecular weight excluding hydrogens is 300 g/mol. The van der Waals surface area contributed by atoms with Crippen LogP contribution in [0.5, 0.6) is 0 Å². The Hall–Kier alpha value is -2.02. The Morgan fingerprint density at radius 1 is 1.24 bits per heavy atom. The summed E-state index contributed by atoms with van der Waals surface area (Å²) in [7, 11) is 1.82. The molecule has 0 aliphatic heterocycles. The van der Waals surface area contributed by atoms with Gasteiger partial charge in [0.1, 0.15) is 23.5 Å². The van der Waals surface area contributed by atoms with Gasteiger partial charge in [-0.1, -0.05) is 0 Å². The van der Waals surface area contributed by atoms with E-state index in [9.17, 15) is 8.78 Å². The minimum absolute atomic E-state index is 0.120. The Morgan fingerprint density at radius 2 is 2.05 bits per heavy atom. The third kappa shape index (κ3) is 2.37. The molecule has 0 unspecified atom stereocenters. The molecule has 110 valence electrons. The Balaban J connectivity index is 2.03. The molecule has 0 radical (unpaired) electrons. The summed E-state index contributed by atoms with van der Waals surface area (Å²) in [6.45, 7) is 0.394. The average Bonchev–Trinajstić information content (AvgIpc) is 3.04. The van der Waals surface area contributed by atoms with Crippen LogP contribution in [0.25, 0.3) is 11.0 Å². The van der Waals surface area contributed by atoms with Gasteiger partial charge in [-0.25, -0.2) is 13.8 Å². The highest BCUT2D eigenvalue weighted by molar-refractivity contribution is 6.16. The van der Waals surface area contributed by atoms with E-state index in [-0.39, 0.29) is 11.4 Å². The Morgan fingerprint density at radius 3 is 2.71 bits per heavy atom. The van der Waals surface area contributed by atoms with E-state index in [2.05, 4.69) is 15.2 Å². The van der Waals surface area contributed by atoms with Crippen LogP contribution in [0.1, 0.15) is 11.6 Å². The maximum atomic E-state index is 14.0. The number of hydrogen-bond donors (Lipinski definition) is 0. The van der Waals surface area contributed by atoms with Crippen molar-refractivity contribution in [3.8, 4) is 0 Å². The van der Waals surface area contributed by atoms with Gasteiger partial charge in [0, 0.05) is 20.0 Å². The van der Waals surface area contributed by atoms with Crippen LogP contribution in [0.3, 0.4) is 0 Å². The molecule has 1 aromatic carbocycles. The van der Waals surface area contributed by atoms with Crippen LogP contribution < -0.4 is 0 Å². The highest BCUT2D eigenvalue weighted by Crippen LogP contribution is 2.23. The van der Waals surface area contributed by atoms with Crippen LogP contribution in [-0.4, -0.2) is 24.3 Å². The van der Waals surface area contributed by atoms with Gasteiger partial charge in [-0.15, -0.1) is 21.8 Å². The predicted molar refractivity (Wildman–Crippen MR) is 73.9 cm³/mol. The van der Waals surface area contributed by atoms with Crippen LogP contribution in [-0.2, 0) is 25.9 Å². The number of nitrogens with zero attached hydrogens (tertiary/aromatic N) is 5. The first-order valence-electron chi connectivity index (χ1n) is 6.33. The van der Waals surface area contributed by atoms with Crippen molar-refractivity contribution in [2.45, 2.75) is 18.8 Å². The zero-order valence-electron chi connectivity index (χ0n) is 11.2. The molecule has 0 aliphatic carbocycles. The molecule has 2 aromatic heterocycles. The van der Waals surface area contributed by atoms with Gasteiger partial charge < -0.3 is 9.13 Å². The van der Waals surface area contributed by atoms with Crippen molar-refractivity contribution < 1.29 is 8.78 Å². The Labute approximate surface area is 124 Å². The minimum atomic E-state index is -0.908. The predicted octanol–water partition coefficient (Wildman–Crippen LogP) is 2.42. The molecule has 3 aromatic rings. The molecule has 5 nitrogen and oxygen atoms in total. The first-order chi connectivity index (χ1) is 10.1. The topological polar surface area (TPSA) is 48.5 Å². The average molecular weight is 312 g/mol. The smallest absolute Gasteiger partial charge is 0.184 e. The van der Waals surface area contributed by atoms with Crippen LogP contribution in [0.15, 0.2) is 18.5 Å². The summed E-state index contributed by atoms with van der Waals surface area (Å²) in [5.74, 6) is -0.445. The number of benzene rings is 1. The van der Waals surface area contributed by atoms with Crippen molar-refractivity contribution in [1.29, 1.82) is 0 Å². The van der Waals surface area contributed by atoms with E-state index in [0.29, 0.717) is 24.3 Å². The van der Waals surface area contributed by atoms with Crippen molar-refractivity contribution in [2.75, 3.05) is 0 Å². The van der Waals surface area contributed by atoms with Gasteiger partial charge in [0.25, 0.3) is 0 Å². The first-order valence-corrected chi connectivity index (χ1v) is 6.87. The summed E-state index contributed by atoms with van der Waals surface area (Å²) in [6, 6.07) is 2.51. The molecule has 0 spiro atoms. The SMILES string of the molecule is Cn1cnnc1CCn1c(CCl)nc2ccc(F)c(F)c21. The summed E-state index contributed by atoms with van der Waals surface area (Å²) in [4.78, 5) is 4.24. The lowest BCUT2D eigenvalue weighted by atomic mass is 10.3. The van der Waals surface area contributed by atoms with Gasteiger partial charge in [0.2, 0.25) is 0 Å². The highest BCUT2D eigenvalue weighted by atomic mass is 35.5. The third-order valence-electron chi connectivity index (χ3n) is 3.36. The molecule has 0 atom stereocenters. The van der Waals surface area contributed by atoms with E-state index in [0.717, 1.165) is 11.9 Å². The van der Waals surface area contributed by atoms with Crippen LogP contribution in [0, 0.1) is 11.6 Å². The van der Waals surface area contributed by atoms with Crippen LogP contribution in [0.2, 0.25) is 0 Å². The quantitative estimate of drug-likeness (QED) is 0.695. The van der Waals surface area contributed by atoms with Gasteiger partial charge >= 0.3 is 0 Å². The molecule has 0 amide bonds. The lowest BCUT2D eigenvalue weighted by Crippen LogP contribution is -2.09. The van der Waals surface area contributed by atoms with Crippen molar-refractivity contribution in [3.05, 3.63) is 41.7 Å². The second-order valence-corrected chi connectivity index (χ2v) is 4.92. The first kappa shape index (κ1) is 13.9. The monoisotopic (exact) mass is 311 g/mol. The molecule has 8 heteroatoms. The number of alkyl halides is 1. The second kappa shape index (κ2) is 5.40. The van der Waals surface area contributed by atoms with Gasteiger partial charge in [-0.05, 0) is 12.1 Å². The summed E-state index contributed by atoms with van der Waals surface area (Å²) in [5.41, 5.74) is 0.523. The molecule has 0 saturated carbocycles. The number of fused-ring (bicyclic) bond motifs is 1. The number of rotatable bonds is 4. The van der Waals surface area contributed by atoms with E-state index in [4.69, 9.17) is 11.6 Å². The molecule has 21 heavy (non-hydrogen) atoms. The number of halogens is 3. The van der Waals surface area contributed by atoms with Crippen molar-refractivity contribution in [3.63, 3.8) is 0 Å². The Kier molecular flexibility index (Phi) is 3.59. The summed E-state index contributed by atoms with van der Waals surface area (Å²) in [5, 5.41) is 7.76. The van der Waals surface area contributed by atoms with Gasteiger partial charge in [0.15, 0.2) is 11.6 Å². The maximum absolute atomic E-state index is 14.0. The van der Waals surface area contributed by atoms with Gasteiger partial charge in [0.05, 0.1) is 11.4 Å². The van der Waals surface area contributed by atoms with Crippen LogP contribution >= 0.6 is 11.6 Å². The number of imidazole rings is 1. The maximum Gasteiger partial charge on any atom is 0.184 e. The van der Waals surface area contributed by atoms with Crippen LogP contribution in [0.4, 0.5) is 8.78 Å². The molecular formula is C13H12ClF2N5. The van der Waals surface area contributed by atoms with E-state index >= 15 is 0 Å². The molecule has 0 bridgehead atoms. The minimum Gasteiger partial charge on any atom is -0.324 e. The van der Waals surface area contributed by atoms with Gasteiger partial charge in [-0.2, -0.15) is 0 Å². The van der Waals surface area contributed by atoms with E-state index in [1.807, 2.05) is 7.05 Å². The zero-order chi connectivity index (χ0) is 15.0. The van der Waals surface area contributed by atoms with Crippen molar-refractivity contribution >= 4 is 22.6 Å². The lowest BCUT2D eigenvalue weighted by Gasteiger charge is -2.08. The molecule has 2 heterocycles. The standard InChI is InChI=1S/C13H12ClF2N5/c1-20-7-17-19-10(20)4-5-21-11(6-14)18-9-3-2-8(15)12(16)13(9)21/h2-3,7H,4-6H2,1H3. The van der Waals surface area contributed by atoms with E-state index in [1.165, 1.54) is 6.07 Å². The summed E-state index contributed by atoms with van der Waals surface area (Å²) in [6.07, 6.45) is 2.10. The summed E-state index contributed by atoms with van der Waals surface area (Å²) >= 11 is 5.85. The second-order valence-electron chi connectivity index (χ2n) is 4.65. The zero-order valence-corrected chi connectivity index (χ0v) is 12.0. The Bertz CT molecular complexity index is 795. The number of aromatic nitrogens is 5. The fourth-order valence-corrected chi connectivity index (χ4v) is 2.50. The van der Waals surface area contributed by atoms with Gasteiger partial charge in [-0.3, -0.25) is 0 Å². The van der Waals surface area contributed by atoms with Crippen molar-refractivity contribution in [2.24, 2.45) is 7.05 Å². The summed E-state index contributed by atoms with van der Waals surface area (Å²) < 4.78 is 30.9. The fraction of sp³-hybridized carbons (Fsp3) is 0.308. The van der Waals surface area contributed by atoms with E-state index < -0.39 is 11.6 Å². The highest BCUT2D eigenvalue weighted by Gasteiger charge is 2.17. The third-order valence-corrected chi connectivity index (χ3v) is 3.60. The fourth-order valence-electron chi connectivity index (χ4n) is 2.29. The van der Waals surface area contributed by atoms with Crippen molar-refractivity contribution in [1.82, 2.24) is 24.3 Å². The molecule has 0 fully saturated rings. The normalized spacial score (nSPS) is 11.4. The molecule has 0 saturated heterocycles. The number of aryl methyl sites for hydroxylation is 3.